The van der Waals surface area contributed by atoms with E-state index >= 15 is 0 Å². The molecule has 0 aromatic heterocycles. The van der Waals surface area contributed by atoms with Crippen molar-refractivity contribution < 1.29 is 27.5 Å². The molecule has 144 valence electrons. The molecule has 1 aliphatic heterocycles. The molecule has 2 aromatic carbocycles. The van der Waals surface area contributed by atoms with Crippen LogP contribution in [0.2, 0.25) is 5.02 Å². The molecule has 0 aliphatic carbocycles. The van der Waals surface area contributed by atoms with E-state index in [2.05, 4.69) is 0 Å². The topological polar surface area (TPSA) is 40.5 Å². The van der Waals surface area contributed by atoms with E-state index in [1.807, 2.05) is 0 Å². The lowest BCUT2D eigenvalue weighted by Crippen LogP contribution is -2.39. The Kier molecular flexibility index (Phi) is 5.44. The van der Waals surface area contributed by atoms with Crippen molar-refractivity contribution in [2.45, 2.75) is 31.1 Å². The first-order valence-electron chi connectivity index (χ1n) is 8.29. The summed E-state index contributed by atoms with van der Waals surface area (Å²) in [5.74, 6) is -1.55. The number of hydrogen-bond acceptors (Lipinski definition) is 2. The number of benzene rings is 2. The molecule has 0 bridgehead atoms. The maximum Gasteiger partial charge on any atom is 0.416 e. The number of alkyl halides is 3. The Morgan fingerprint density at radius 1 is 1.19 bits per heavy atom. The molecular formula is C19H16ClF4NO2. The first kappa shape index (κ1) is 19.6. The van der Waals surface area contributed by atoms with Crippen molar-refractivity contribution in [2.75, 3.05) is 6.54 Å². The van der Waals surface area contributed by atoms with Gasteiger partial charge in [-0.2, -0.15) is 13.2 Å². The fourth-order valence-corrected chi connectivity index (χ4v) is 3.71. The van der Waals surface area contributed by atoms with Crippen LogP contribution in [0.4, 0.5) is 17.6 Å². The highest BCUT2D eigenvalue weighted by Gasteiger charge is 2.39. The molecule has 8 heteroatoms. The number of rotatable bonds is 4. The Labute approximate surface area is 158 Å². The van der Waals surface area contributed by atoms with Crippen LogP contribution < -0.4 is 0 Å². The van der Waals surface area contributed by atoms with E-state index in [1.165, 1.54) is 24.3 Å². The maximum absolute atomic E-state index is 13.4. The molecule has 3 rings (SSSR count). The van der Waals surface area contributed by atoms with E-state index in [4.69, 9.17) is 11.6 Å². The van der Waals surface area contributed by atoms with Gasteiger partial charge < -0.3 is 5.11 Å². The minimum absolute atomic E-state index is 0.0911. The van der Waals surface area contributed by atoms with E-state index in [1.54, 1.807) is 4.90 Å². The third-order valence-corrected chi connectivity index (χ3v) is 5.06. The molecule has 0 saturated carbocycles. The monoisotopic (exact) mass is 401 g/mol. The largest absolute Gasteiger partial charge is 0.480 e. The summed E-state index contributed by atoms with van der Waals surface area (Å²) in [7, 11) is 0. The zero-order valence-corrected chi connectivity index (χ0v) is 14.8. The van der Waals surface area contributed by atoms with Crippen molar-refractivity contribution in [2.24, 2.45) is 0 Å². The Hall–Kier alpha value is -2.12. The summed E-state index contributed by atoms with van der Waals surface area (Å²) < 4.78 is 53.0. The molecule has 27 heavy (non-hydrogen) atoms. The second kappa shape index (κ2) is 7.48. The van der Waals surface area contributed by atoms with Crippen LogP contribution in [-0.4, -0.2) is 28.6 Å². The van der Waals surface area contributed by atoms with E-state index in [0.29, 0.717) is 24.9 Å². The first-order chi connectivity index (χ1) is 12.7. The lowest BCUT2D eigenvalue weighted by molar-refractivity contribution is -0.143. The lowest BCUT2D eigenvalue weighted by Gasteiger charge is -2.33. The second-order valence-corrected chi connectivity index (χ2v) is 6.83. The number of carboxylic acid groups (broad SMARTS) is 1. The molecule has 3 nitrogen and oxygen atoms in total. The summed E-state index contributed by atoms with van der Waals surface area (Å²) in [6, 6.07) is 6.55. The normalized spacial score (nSPS) is 19.2. The molecule has 0 radical (unpaired) electrons. The molecule has 1 N–H and O–H groups in total. The first-order valence-corrected chi connectivity index (χ1v) is 8.67. The van der Waals surface area contributed by atoms with Gasteiger partial charge in [0.1, 0.15) is 11.9 Å². The minimum Gasteiger partial charge on any atom is -0.480 e. The minimum atomic E-state index is -4.57. The molecule has 0 spiro atoms. The van der Waals surface area contributed by atoms with Crippen molar-refractivity contribution in [3.63, 3.8) is 0 Å². The SMILES string of the molecule is O=C(O)C1CCCN1C(c1ccc(F)cc1)c1cc(C(F)(F)F)ccc1Cl. The molecule has 2 unspecified atom stereocenters. The van der Waals surface area contributed by atoms with E-state index in [0.717, 1.165) is 18.2 Å². The molecule has 2 atom stereocenters. The fraction of sp³-hybridized carbons (Fsp3) is 0.316. The number of nitrogens with zero attached hydrogens (tertiary/aromatic N) is 1. The van der Waals surface area contributed by atoms with Gasteiger partial charge >= 0.3 is 12.1 Å². The van der Waals surface area contributed by atoms with Gasteiger partial charge in [-0.1, -0.05) is 23.7 Å². The molecule has 1 aliphatic rings. The molecule has 1 saturated heterocycles. The summed E-state index contributed by atoms with van der Waals surface area (Å²) in [6.45, 7) is 0.381. The fourth-order valence-electron chi connectivity index (χ4n) is 3.49. The summed E-state index contributed by atoms with van der Waals surface area (Å²) in [4.78, 5) is 13.2. The van der Waals surface area contributed by atoms with Gasteiger partial charge in [0.25, 0.3) is 0 Å². The maximum atomic E-state index is 13.4. The van der Waals surface area contributed by atoms with Crippen LogP contribution in [0.15, 0.2) is 42.5 Å². The van der Waals surface area contributed by atoms with Crippen LogP contribution in [-0.2, 0) is 11.0 Å². The van der Waals surface area contributed by atoms with E-state index < -0.39 is 35.6 Å². The molecule has 1 fully saturated rings. The third-order valence-electron chi connectivity index (χ3n) is 4.71. The van der Waals surface area contributed by atoms with E-state index in [-0.39, 0.29) is 10.6 Å². The summed E-state index contributed by atoms with van der Waals surface area (Å²) >= 11 is 6.21. The smallest absolute Gasteiger partial charge is 0.416 e. The number of carbonyl (C=O) groups is 1. The van der Waals surface area contributed by atoms with Crippen molar-refractivity contribution in [3.8, 4) is 0 Å². The Morgan fingerprint density at radius 2 is 1.85 bits per heavy atom. The number of likely N-dealkylation sites (tertiary alicyclic amines) is 1. The van der Waals surface area contributed by atoms with Crippen LogP contribution >= 0.6 is 11.6 Å². The van der Waals surface area contributed by atoms with Gasteiger partial charge in [-0.15, -0.1) is 0 Å². The Balaban J connectivity index is 2.16. The predicted octanol–water partition coefficient (Wildman–Crippen LogP) is 5.14. The number of hydrogen-bond donors (Lipinski definition) is 1. The zero-order valence-electron chi connectivity index (χ0n) is 14.0. The van der Waals surface area contributed by atoms with Crippen molar-refractivity contribution in [3.05, 3.63) is 70.0 Å². The van der Waals surface area contributed by atoms with Crippen LogP contribution in [0, 0.1) is 5.82 Å². The molecule has 2 aromatic rings. The van der Waals surface area contributed by atoms with Gasteiger partial charge in [0, 0.05) is 11.6 Å². The zero-order chi connectivity index (χ0) is 19.8. The average molecular weight is 402 g/mol. The Morgan fingerprint density at radius 3 is 2.44 bits per heavy atom. The second-order valence-electron chi connectivity index (χ2n) is 6.42. The number of carboxylic acids is 1. The van der Waals surface area contributed by atoms with Crippen molar-refractivity contribution in [1.29, 1.82) is 0 Å². The quantitative estimate of drug-likeness (QED) is 0.721. The number of aliphatic carboxylic acids is 1. The van der Waals surface area contributed by atoms with Gasteiger partial charge in [0.05, 0.1) is 11.6 Å². The van der Waals surface area contributed by atoms with Crippen molar-refractivity contribution >= 4 is 17.6 Å². The highest BCUT2D eigenvalue weighted by Crippen LogP contribution is 2.40. The van der Waals surface area contributed by atoms with Gasteiger partial charge in [-0.05, 0) is 54.3 Å². The summed E-state index contributed by atoms with van der Waals surface area (Å²) in [6.07, 6.45) is -3.60. The molecule has 1 heterocycles. The summed E-state index contributed by atoms with van der Waals surface area (Å²) in [5, 5.41) is 9.60. The van der Waals surface area contributed by atoms with Gasteiger partial charge in [-0.3, -0.25) is 9.69 Å². The van der Waals surface area contributed by atoms with Crippen LogP contribution in [0.1, 0.15) is 35.6 Å². The third kappa shape index (κ3) is 4.09. The van der Waals surface area contributed by atoms with Crippen LogP contribution in [0.25, 0.3) is 0 Å². The van der Waals surface area contributed by atoms with Gasteiger partial charge in [-0.25, -0.2) is 4.39 Å². The standard InChI is InChI=1S/C19H16ClF4NO2/c20-15-8-5-12(19(22,23)24)10-14(15)17(11-3-6-13(21)7-4-11)25-9-1-2-16(25)18(26)27/h3-8,10,16-17H,1-2,9H2,(H,26,27). The number of halogens is 5. The molecular weight excluding hydrogens is 386 g/mol. The molecule has 0 amide bonds. The highest BCUT2D eigenvalue weighted by molar-refractivity contribution is 6.31. The van der Waals surface area contributed by atoms with Crippen LogP contribution in [0.5, 0.6) is 0 Å². The highest BCUT2D eigenvalue weighted by atomic mass is 35.5. The van der Waals surface area contributed by atoms with E-state index in [9.17, 15) is 27.5 Å². The van der Waals surface area contributed by atoms with Crippen LogP contribution in [0.3, 0.4) is 0 Å². The summed E-state index contributed by atoms with van der Waals surface area (Å²) in [5.41, 5.74) is -0.253. The average Bonchev–Trinajstić information content (AvgIpc) is 3.07. The Bertz CT molecular complexity index is 839. The van der Waals surface area contributed by atoms with Crippen molar-refractivity contribution in [1.82, 2.24) is 4.90 Å². The van der Waals surface area contributed by atoms with Gasteiger partial charge in [0.15, 0.2) is 0 Å². The van der Waals surface area contributed by atoms with Gasteiger partial charge in [0.2, 0.25) is 0 Å². The lowest BCUT2D eigenvalue weighted by atomic mass is 9.94. The predicted molar refractivity (Wildman–Crippen MR) is 92.1 cm³/mol.